The molecule has 0 bridgehead atoms. The van der Waals surface area contributed by atoms with E-state index in [9.17, 15) is 0 Å². The van der Waals surface area contributed by atoms with Crippen LogP contribution in [-0.4, -0.2) is 0 Å². The van der Waals surface area contributed by atoms with Crippen LogP contribution in [0.25, 0.3) is 0 Å². The molecule has 0 atom stereocenters. The molecule has 0 aliphatic heterocycles. The molecule has 0 aliphatic carbocycles. The second-order valence-corrected chi connectivity index (χ2v) is 8.06. The van der Waals surface area contributed by atoms with Crippen LogP contribution in [0.4, 0.5) is 0 Å². The summed E-state index contributed by atoms with van der Waals surface area (Å²) in [6.07, 6.45) is 14.7. The van der Waals surface area contributed by atoms with E-state index >= 15 is 0 Å². The summed E-state index contributed by atoms with van der Waals surface area (Å²) in [4.78, 5) is 0. The third kappa shape index (κ3) is 67.1. The zero-order valence-electron chi connectivity index (χ0n) is 35.2. The standard InChI is InChI=1S/C25H4.2C21H4/c1-3-5-7-9-11-13-15-17-19-21-23-25-24-22-20-18-16-14-12-10-8-6-4-2;2*1-3-5-7-9-11-13-15-17-19-21-20-18-16-14-12-10-8-6-4-2/h1H,2H3;2*1H,2H3. The van der Waals surface area contributed by atoms with E-state index in [0.29, 0.717) is 0 Å². The van der Waals surface area contributed by atoms with Crippen LogP contribution in [0.3, 0.4) is 0 Å². The fourth-order valence-corrected chi connectivity index (χ4v) is 1.83. The summed E-state index contributed by atoms with van der Waals surface area (Å²) in [5, 5.41) is 0. The lowest BCUT2D eigenvalue weighted by atomic mass is 10.4. The van der Waals surface area contributed by atoms with Crippen molar-refractivity contribution in [3.63, 3.8) is 0 Å². The molecule has 0 fully saturated rings. The lowest BCUT2D eigenvalue weighted by Gasteiger charge is -1.57. The van der Waals surface area contributed by atoms with Crippen LogP contribution in [0.1, 0.15) is 20.8 Å². The second-order valence-electron chi connectivity index (χ2n) is 8.06. The second kappa shape index (κ2) is 61.1. The van der Waals surface area contributed by atoms with E-state index < -0.39 is 0 Å². The van der Waals surface area contributed by atoms with Gasteiger partial charge in [-0.3, -0.25) is 0 Å². The fourth-order valence-electron chi connectivity index (χ4n) is 1.83. The van der Waals surface area contributed by atoms with Gasteiger partial charge in [0.05, 0.1) is 0 Å². The zero-order chi connectivity index (χ0) is 49.1. The summed E-state index contributed by atoms with van der Waals surface area (Å²) < 4.78 is 0. The molecule has 0 amide bonds. The van der Waals surface area contributed by atoms with Gasteiger partial charge in [-0.05, 0) is 305 Å². The maximum absolute atomic E-state index is 4.91. The highest BCUT2D eigenvalue weighted by Gasteiger charge is 1.62. The van der Waals surface area contributed by atoms with Gasteiger partial charge < -0.3 is 0 Å². The maximum atomic E-state index is 4.91. The molecule has 0 N–H and O–H groups in total. The first-order chi connectivity index (χ1) is 33.2. The van der Waals surface area contributed by atoms with E-state index in [1.54, 1.807) is 20.8 Å². The summed E-state index contributed by atoms with van der Waals surface area (Å²) in [5.41, 5.74) is 0. The zero-order valence-corrected chi connectivity index (χ0v) is 35.2. The van der Waals surface area contributed by atoms with Gasteiger partial charge in [0.2, 0.25) is 0 Å². The van der Waals surface area contributed by atoms with E-state index in [0.717, 1.165) is 0 Å². The quantitative estimate of drug-likeness (QED) is 0.329. The molecule has 0 saturated heterocycles. The van der Waals surface area contributed by atoms with Crippen LogP contribution in [0.5, 0.6) is 0 Å². The number of rotatable bonds is 0. The van der Waals surface area contributed by atoms with Gasteiger partial charge in [-0.1, -0.05) is 17.8 Å². The average molecular weight is 817 g/mol. The Hall–Kier alpha value is -14.1. The number of terminal acetylenes is 3. The number of hydrogen-bond donors (Lipinski definition) is 0. The topological polar surface area (TPSA) is 0 Å². The lowest BCUT2D eigenvalue weighted by Crippen LogP contribution is -1.56. The smallest absolute Gasteiger partial charge is 0 e. The third-order valence-electron chi connectivity index (χ3n) is 3.84. The van der Waals surface area contributed by atoms with Gasteiger partial charge in [0, 0.05) is 59.2 Å². The van der Waals surface area contributed by atoms with E-state index in [2.05, 4.69) is 361 Å². The van der Waals surface area contributed by atoms with Crippen LogP contribution in [0.15, 0.2) is 0 Å². The Balaban J connectivity index is -0.000000922. The van der Waals surface area contributed by atoms with Crippen LogP contribution < -0.4 is 0 Å². The first-order valence-corrected chi connectivity index (χ1v) is 16.9. The molecular formula is C67H12. The molecular weight excluding hydrogens is 805 g/mol. The highest BCUT2D eigenvalue weighted by atomic mass is 13.6. The molecule has 280 valence electrons. The summed E-state index contributed by atoms with van der Waals surface area (Å²) in [7, 11) is 0. The van der Waals surface area contributed by atoms with Gasteiger partial charge >= 0.3 is 0 Å². The van der Waals surface area contributed by atoms with Gasteiger partial charge in [0.1, 0.15) is 0 Å². The molecule has 0 aromatic rings. The van der Waals surface area contributed by atoms with Gasteiger partial charge in [-0.2, -0.15) is 0 Å². The Morgan fingerprint density at radius 3 is 0.269 bits per heavy atom. The Kier molecular flexibility index (Phi) is 52.2. The largest absolute Gasteiger partial charge is 0.106 e. The average Bonchev–Trinajstić information content (AvgIpc) is 3.34. The predicted molar refractivity (Wildman–Crippen MR) is 269 cm³/mol. The first kappa shape index (κ1) is 57.2. The Bertz CT molecular complexity index is 3920. The van der Waals surface area contributed by atoms with E-state index in [-0.39, 0.29) is 0 Å². The van der Waals surface area contributed by atoms with Gasteiger partial charge in [0.25, 0.3) is 0 Å². The van der Waals surface area contributed by atoms with E-state index in [1.165, 1.54) is 0 Å². The van der Waals surface area contributed by atoms with Crippen molar-refractivity contribution in [2.45, 2.75) is 20.8 Å². The van der Waals surface area contributed by atoms with Crippen molar-refractivity contribution in [2.75, 3.05) is 0 Å². The molecule has 67 heavy (non-hydrogen) atoms. The maximum Gasteiger partial charge on any atom is 0 e. The summed E-state index contributed by atoms with van der Waals surface area (Å²) >= 11 is 0. The fraction of sp³-hybridized carbons (Fsp3) is 0.0448. The Morgan fingerprint density at radius 1 is 0.119 bits per heavy atom. The minimum absolute atomic E-state index is 1.69. The van der Waals surface area contributed by atoms with Crippen molar-refractivity contribution in [3.05, 3.63) is 0 Å². The third-order valence-corrected chi connectivity index (χ3v) is 3.84. The summed E-state index contributed by atoms with van der Waals surface area (Å²) in [6, 6.07) is 0. The Morgan fingerprint density at radius 2 is 0.194 bits per heavy atom. The molecule has 0 aromatic carbocycles. The normalized spacial score (nSPS) is 3.82. The number of hydrogen-bond acceptors (Lipinski definition) is 0. The van der Waals surface area contributed by atoms with E-state index in [4.69, 9.17) is 19.3 Å². The highest BCUT2D eigenvalue weighted by Crippen LogP contribution is 1.62. The van der Waals surface area contributed by atoms with Crippen molar-refractivity contribution in [2.24, 2.45) is 0 Å². The van der Waals surface area contributed by atoms with E-state index in [1.807, 2.05) is 0 Å². The molecule has 0 saturated carbocycles. The molecule has 0 aromatic heterocycles. The van der Waals surface area contributed by atoms with Crippen LogP contribution >= 0.6 is 0 Å². The van der Waals surface area contributed by atoms with Crippen molar-refractivity contribution < 1.29 is 0 Å². The van der Waals surface area contributed by atoms with Crippen molar-refractivity contribution in [3.8, 4) is 380 Å². The first-order valence-electron chi connectivity index (χ1n) is 16.9. The molecule has 0 radical (unpaired) electrons. The van der Waals surface area contributed by atoms with Gasteiger partial charge in [-0.15, -0.1) is 19.3 Å². The van der Waals surface area contributed by atoms with Crippen molar-refractivity contribution in [1.29, 1.82) is 0 Å². The molecule has 0 unspecified atom stereocenters. The SMILES string of the molecule is C#CC#CC#CC#CC#CC#CC#CC#CC#CC#CC.C#CC#CC#CC#CC#CC#CC#CC#CC#CC#CC.C#CC#CC#CC#CC#CC#CC#CC#CC#CC#CC#CC#CC. The molecule has 0 heteroatoms. The summed E-state index contributed by atoms with van der Waals surface area (Å²) in [5.74, 6) is 151. The van der Waals surface area contributed by atoms with Crippen LogP contribution in [-0.2, 0) is 0 Å². The van der Waals surface area contributed by atoms with Crippen LogP contribution in [0, 0.1) is 380 Å². The monoisotopic (exact) mass is 816 g/mol. The van der Waals surface area contributed by atoms with Gasteiger partial charge in [-0.25, -0.2) is 0 Å². The molecule has 0 heterocycles. The van der Waals surface area contributed by atoms with Gasteiger partial charge in [0.15, 0.2) is 0 Å². The molecule has 0 spiro atoms. The minimum atomic E-state index is 1.69. The van der Waals surface area contributed by atoms with Crippen molar-refractivity contribution in [1.82, 2.24) is 0 Å². The minimum Gasteiger partial charge on any atom is -0.106 e. The lowest BCUT2D eigenvalue weighted by molar-refractivity contribution is 1.92. The highest BCUT2D eigenvalue weighted by molar-refractivity contribution is 5.51. The molecule has 0 nitrogen and oxygen atoms in total. The molecule has 0 rings (SSSR count). The Labute approximate surface area is 399 Å². The van der Waals surface area contributed by atoms with Crippen molar-refractivity contribution >= 4 is 0 Å². The summed E-state index contributed by atoms with van der Waals surface area (Å²) in [6.45, 7) is 5.09. The molecule has 0 aliphatic rings. The van der Waals surface area contributed by atoms with Crippen LogP contribution in [0.2, 0.25) is 0 Å². The predicted octanol–water partition coefficient (Wildman–Crippen LogP) is 2.02.